The van der Waals surface area contributed by atoms with E-state index in [1.807, 2.05) is 0 Å². The number of aryl methyl sites for hydroxylation is 1. The first-order valence-electron chi connectivity index (χ1n) is 6.05. The molecule has 17 heavy (non-hydrogen) atoms. The van der Waals surface area contributed by atoms with E-state index in [2.05, 4.69) is 61.5 Å². The van der Waals surface area contributed by atoms with Gasteiger partial charge >= 0.3 is 0 Å². The van der Waals surface area contributed by atoms with Crippen molar-refractivity contribution in [2.24, 2.45) is 0 Å². The molecule has 83 valence electrons. The first-order chi connectivity index (χ1) is 7.92. The van der Waals surface area contributed by atoms with E-state index >= 15 is 0 Å². The van der Waals surface area contributed by atoms with Crippen LogP contribution in [0.4, 0.5) is 0 Å². The zero-order chi connectivity index (χ0) is 11.2. The molecule has 0 unspecified atom stereocenters. The molecule has 1 radical (unpaired) electrons. The maximum Gasteiger partial charge on any atom is 0 e. The summed E-state index contributed by atoms with van der Waals surface area (Å²) in [5.41, 5.74) is 4.18. The third kappa shape index (κ3) is 3.99. The monoisotopic (exact) mass is 233 g/mol. The largest absolute Gasteiger partial charge is 0.0654 e. The Hall–Kier alpha value is -0.560. The molecule has 0 spiro atoms. The van der Waals surface area contributed by atoms with Crippen molar-refractivity contribution in [2.75, 3.05) is 0 Å². The Morgan fingerprint density at radius 3 is 2.18 bits per heavy atom. The number of benzene rings is 2. The maximum atomic E-state index is 2.25. The standard InChI is InChI=1S/C16H18.Na/c1-2-3-9-14-12-7-8-13-16(14)15-10-5-4-6-11-15;/h4-8,10-13H,2-3,9H2,1H3;. The van der Waals surface area contributed by atoms with E-state index in [0.717, 1.165) is 0 Å². The van der Waals surface area contributed by atoms with Gasteiger partial charge in [0.05, 0.1) is 0 Å². The topological polar surface area (TPSA) is 0 Å². The molecular weight excluding hydrogens is 215 g/mol. The molecular formula is C16H18Na. The molecule has 0 heterocycles. The van der Waals surface area contributed by atoms with Gasteiger partial charge in [0.25, 0.3) is 0 Å². The molecule has 2 aromatic carbocycles. The Bertz CT molecular complexity index is 434. The van der Waals surface area contributed by atoms with Crippen molar-refractivity contribution in [3.8, 4) is 11.1 Å². The maximum absolute atomic E-state index is 2.25. The van der Waals surface area contributed by atoms with Gasteiger partial charge in [-0.15, -0.1) is 0 Å². The summed E-state index contributed by atoms with van der Waals surface area (Å²) in [5.74, 6) is 0. The van der Waals surface area contributed by atoms with Crippen LogP contribution in [0.2, 0.25) is 0 Å². The van der Waals surface area contributed by atoms with Crippen LogP contribution in [0.3, 0.4) is 0 Å². The van der Waals surface area contributed by atoms with Gasteiger partial charge in [-0.1, -0.05) is 67.9 Å². The summed E-state index contributed by atoms with van der Waals surface area (Å²) in [6.45, 7) is 2.24. The first-order valence-corrected chi connectivity index (χ1v) is 6.05. The minimum absolute atomic E-state index is 0. The predicted molar refractivity (Wildman–Crippen MR) is 76.2 cm³/mol. The zero-order valence-electron chi connectivity index (χ0n) is 10.8. The second-order valence-electron chi connectivity index (χ2n) is 4.13. The summed E-state index contributed by atoms with van der Waals surface area (Å²) < 4.78 is 0. The third-order valence-electron chi connectivity index (χ3n) is 2.90. The molecule has 0 aliphatic carbocycles. The van der Waals surface area contributed by atoms with Crippen molar-refractivity contribution in [3.05, 3.63) is 60.2 Å². The van der Waals surface area contributed by atoms with E-state index in [9.17, 15) is 0 Å². The van der Waals surface area contributed by atoms with Crippen molar-refractivity contribution in [1.29, 1.82) is 0 Å². The predicted octanol–water partition coefficient (Wildman–Crippen LogP) is 4.32. The number of rotatable bonds is 4. The Kier molecular flexibility index (Phi) is 6.57. The quantitative estimate of drug-likeness (QED) is 0.690. The van der Waals surface area contributed by atoms with Crippen molar-refractivity contribution >= 4 is 29.6 Å². The van der Waals surface area contributed by atoms with Gasteiger partial charge in [-0.3, -0.25) is 0 Å². The molecule has 0 saturated heterocycles. The summed E-state index contributed by atoms with van der Waals surface area (Å²) in [5, 5.41) is 0. The third-order valence-corrected chi connectivity index (χ3v) is 2.90. The van der Waals surface area contributed by atoms with Crippen molar-refractivity contribution in [3.63, 3.8) is 0 Å². The van der Waals surface area contributed by atoms with Crippen LogP contribution >= 0.6 is 0 Å². The number of unbranched alkanes of at least 4 members (excludes halogenated alkanes) is 1. The van der Waals surface area contributed by atoms with E-state index in [0.29, 0.717) is 0 Å². The number of hydrogen-bond donors (Lipinski definition) is 0. The SMILES string of the molecule is CCCCc1ccccc1-c1ccccc1.[Na]. The van der Waals surface area contributed by atoms with E-state index in [-0.39, 0.29) is 29.6 Å². The average molecular weight is 233 g/mol. The average Bonchev–Trinajstić information content (AvgIpc) is 2.38. The minimum atomic E-state index is 0. The second-order valence-corrected chi connectivity index (χ2v) is 4.13. The molecule has 2 rings (SSSR count). The first kappa shape index (κ1) is 14.5. The smallest absolute Gasteiger partial charge is 0 e. The molecule has 2 aromatic rings. The molecule has 0 aromatic heterocycles. The van der Waals surface area contributed by atoms with Crippen LogP contribution in [0, 0.1) is 0 Å². The van der Waals surface area contributed by atoms with Crippen LogP contribution < -0.4 is 0 Å². The number of hydrogen-bond acceptors (Lipinski definition) is 0. The molecule has 0 saturated carbocycles. The Balaban J connectivity index is 0.00000144. The van der Waals surface area contributed by atoms with Gasteiger partial charge < -0.3 is 0 Å². The van der Waals surface area contributed by atoms with Crippen molar-refractivity contribution in [2.45, 2.75) is 26.2 Å². The molecule has 0 nitrogen and oxygen atoms in total. The van der Waals surface area contributed by atoms with E-state index in [1.165, 1.54) is 36.0 Å². The second kappa shape index (κ2) is 7.71. The fourth-order valence-electron chi connectivity index (χ4n) is 2.00. The summed E-state index contributed by atoms with van der Waals surface area (Å²) in [6.07, 6.45) is 3.70. The fraction of sp³-hybridized carbons (Fsp3) is 0.250. The van der Waals surface area contributed by atoms with Crippen LogP contribution in [0.1, 0.15) is 25.3 Å². The van der Waals surface area contributed by atoms with Crippen LogP contribution in [-0.2, 0) is 6.42 Å². The van der Waals surface area contributed by atoms with Crippen LogP contribution in [0.25, 0.3) is 11.1 Å². The van der Waals surface area contributed by atoms with Gasteiger partial charge in [0.1, 0.15) is 0 Å². The van der Waals surface area contributed by atoms with Crippen LogP contribution in [0.5, 0.6) is 0 Å². The fourth-order valence-corrected chi connectivity index (χ4v) is 2.00. The molecule has 0 bridgehead atoms. The molecule has 0 amide bonds. The molecule has 0 aliphatic heterocycles. The van der Waals surface area contributed by atoms with Gasteiger partial charge in [-0.25, -0.2) is 0 Å². The van der Waals surface area contributed by atoms with E-state index in [1.54, 1.807) is 0 Å². The van der Waals surface area contributed by atoms with Crippen LogP contribution in [-0.4, -0.2) is 29.6 Å². The molecule has 0 fully saturated rings. The minimum Gasteiger partial charge on any atom is -0.0654 e. The van der Waals surface area contributed by atoms with Gasteiger partial charge in [0.2, 0.25) is 0 Å². The Morgan fingerprint density at radius 2 is 1.47 bits per heavy atom. The van der Waals surface area contributed by atoms with E-state index < -0.39 is 0 Å². The van der Waals surface area contributed by atoms with Crippen molar-refractivity contribution in [1.82, 2.24) is 0 Å². The van der Waals surface area contributed by atoms with Gasteiger partial charge in [0.15, 0.2) is 0 Å². The Labute approximate surface area is 126 Å². The Morgan fingerprint density at radius 1 is 0.824 bits per heavy atom. The summed E-state index contributed by atoms with van der Waals surface area (Å²) in [4.78, 5) is 0. The molecule has 0 atom stereocenters. The summed E-state index contributed by atoms with van der Waals surface area (Å²) in [7, 11) is 0. The normalized spacial score (nSPS) is 9.71. The van der Waals surface area contributed by atoms with Gasteiger partial charge in [-0.05, 0) is 29.5 Å². The molecule has 1 heteroatoms. The molecule has 0 N–H and O–H groups in total. The van der Waals surface area contributed by atoms with E-state index in [4.69, 9.17) is 0 Å². The zero-order valence-corrected chi connectivity index (χ0v) is 12.8. The van der Waals surface area contributed by atoms with Gasteiger partial charge in [-0.2, -0.15) is 0 Å². The summed E-state index contributed by atoms with van der Waals surface area (Å²) in [6, 6.07) is 19.4. The van der Waals surface area contributed by atoms with Gasteiger partial charge in [0, 0.05) is 29.6 Å². The van der Waals surface area contributed by atoms with Crippen molar-refractivity contribution < 1.29 is 0 Å². The van der Waals surface area contributed by atoms with Crippen LogP contribution in [0.15, 0.2) is 54.6 Å². The molecule has 0 aliphatic rings. The summed E-state index contributed by atoms with van der Waals surface area (Å²) >= 11 is 0.